The molecule has 1 aliphatic rings. The molecular weight excluding hydrogens is 287 g/mol. The monoisotopic (exact) mass is 314 g/mol. The van der Waals surface area contributed by atoms with Crippen LogP contribution < -0.4 is 18.9 Å². The molecule has 0 aliphatic carbocycles. The molecule has 0 radical (unpaired) electrons. The maximum atomic E-state index is 5.17. The second-order valence-corrected chi connectivity index (χ2v) is 6.52. The molecular formula is C21H27LiN2. The summed E-state index contributed by atoms with van der Waals surface area (Å²) in [5.41, 5.74) is 2.63. The number of likely N-dealkylation sites (tertiary alicyclic amines) is 1. The Balaban J connectivity index is 0.00000208. The largest absolute Gasteiger partial charge is 1.00 e. The summed E-state index contributed by atoms with van der Waals surface area (Å²) >= 11 is 0. The molecule has 1 fully saturated rings. The van der Waals surface area contributed by atoms with Gasteiger partial charge >= 0.3 is 18.9 Å². The fourth-order valence-corrected chi connectivity index (χ4v) is 3.39. The van der Waals surface area contributed by atoms with E-state index in [4.69, 9.17) is 5.32 Å². The number of piperidine rings is 1. The van der Waals surface area contributed by atoms with Crippen LogP contribution >= 0.6 is 0 Å². The molecule has 0 bridgehead atoms. The zero-order valence-electron chi connectivity index (χ0n) is 15.1. The van der Waals surface area contributed by atoms with Crippen molar-refractivity contribution >= 4 is 0 Å². The molecule has 0 amide bonds. The number of hydrogen-bond donors (Lipinski definition) is 0. The second-order valence-electron chi connectivity index (χ2n) is 6.52. The van der Waals surface area contributed by atoms with E-state index in [-0.39, 0.29) is 30.9 Å². The van der Waals surface area contributed by atoms with Gasteiger partial charge in [-0.05, 0) is 32.5 Å². The van der Waals surface area contributed by atoms with Gasteiger partial charge in [-0.25, -0.2) is 0 Å². The molecule has 0 unspecified atom stereocenters. The van der Waals surface area contributed by atoms with Gasteiger partial charge in [0.05, 0.1) is 0 Å². The van der Waals surface area contributed by atoms with Gasteiger partial charge in [0.15, 0.2) is 0 Å². The molecule has 2 aromatic rings. The van der Waals surface area contributed by atoms with Crippen LogP contribution in [0.15, 0.2) is 60.7 Å². The molecule has 3 heteroatoms. The van der Waals surface area contributed by atoms with Crippen molar-refractivity contribution in [3.63, 3.8) is 0 Å². The maximum absolute atomic E-state index is 5.17. The van der Waals surface area contributed by atoms with E-state index in [1.54, 1.807) is 0 Å². The van der Waals surface area contributed by atoms with Gasteiger partial charge in [0.25, 0.3) is 0 Å². The van der Waals surface area contributed by atoms with Gasteiger partial charge in [-0.3, -0.25) is 0 Å². The van der Waals surface area contributed by atoms with Crippen LogP contribution in [0.5, 0.6) is 0 Å². The second kappa shape index (κ2) is 10.1. The van der Waals surface area contributed by atoms with E-state index in [2.05, 4.69) is 72.5 Å². The first kappa shape index (κ1) is 19.3. The van der Waals surface area contributed by atoms with Crippen LogP contribution in [0.1, 0.15) is 49.4 Å². The summed E-state index contributed by atoms with van der Waals surface area (Å²) in [6.45, 7) is 5.69. The van der Waals surface area contributed by atoms with Crippen molar-refractivity contribution in [2.75, 3.05) is 19.6 Å². The fourth-order valence-electron chi connectivity index (χ4n) is 3.39. The van der Waals surface area contributed by atoms with Crippen molar-refractivity contribution in [2.24, 2.45) is 0 Å². The SMILES string of the molecule is C[C@@H]([N-][C@@H](CN1CCCCC1)c1ccccc1)c1ccccc1.[Li+]. The third-order valence-electron chi connectivity index (χ3n) is 4.75. The summed E-state index contributed by atoms with van der Waals surface area (Å²) in [4.78, 5) is 2.59. The van der Waals surface area contributed by atoms with Gasteiger partial charge < -0.3 is 10.2 Å². The average Bonchev–Trinajstić information content (AvgIpc) is 2.63. The van der Waals surface area contributed by atoms with Crippen molar-refractivity contribution in [3.8, 4) is 0 Å². The van der Waals surface area contributed by atoms with Crippen LogP contribution in [0.4, 0.5) is 0 Å². The Morgan fingerprint density at radius 1 is 0.833 bits per heavy atom. The molecule has 0 saturated carbocycles. The van der Waals surface area contributed by atoms with Gasteiger partial charge in [0.2, 0.25) is 0 Å². The Kier molecular flexibility index (Phi) is 8.09. The quantitative estimate of drug-likeness (QED) is 0.748. The molecule has 1 saturated heterocycles. The first-order valence-corrected chi connectivity index (χ1v) is 8.85. The van der Waals surface area contributed by atoms with Crippen LogP contribution in [-0.4, -0.2) is 24.5 Å². The molecule has 2 nitrogen and oxygen atoms in total. The van der Waals surface area contributed by atoms with Crippen LogP contribution in [0.3, 0.4) is 0 Å². The number of hydrogen-bond acceptors (Lipinski definition) is 1. The van der Waals surface area contributed by atoms with Crippen molar-refractivity contribution in [1.29, 1.82) is 0 Å². The van der Waals surface area contributed by atoms with Crippen molar-refractivity contribution in [3.05, 3.63) is 77.1 Å². The van der Waals surface area contributed by atoms with E-state index in [9.17, 15) is 0 Å². The molecule has 0 aromatic heterocycles. The molecule has 122 valence electrons. The minimum atomic E-state index is 0. The van der Waals surface area contributed by atoms with E-state index >= 15 is 0 Å². The fraction of sp³-hybridized carbons (Fsp3) is 0.429. The van der Waals surface area contributed by atoms with Gasteiger partial charge in [-0.2, -0.15) is 0 Å². The van der Waals surface area contributed by atoms with Gasteiger partial charge in [-0.1, -0.05) is 91.2 Å². The number of rotatable bonds is 6. The normalized spacial score (nSPS) is 17.7. The Morgan fingerprint density at radius 2 is 1.38 bits per heavy atom. The van der Waals surface area contributed by atoms with Crippen LogP contribution in [0.25, 0.3) is 5.32 Å². The average molecular weight is 314 g/mol. The van der Waals surface area contributed by atoms with Gasteiger partial charge in [0.1, 0.15) is 0 Å². The summed E-state index contributed by atoms with van der Waals surface area (Å²) in [7, 11) is 0. The molecule has 2 atom stereocenters. The van der Waals surface area contributed by atoms with Crippen LogP contribution in [0, 0.1) is 0 Å². The molecule has 3 rings (SSSR count). The van der Waals surface area contributed by atoms with Crippen molar-refractivity contribution in [2.45, 2.75) is 38.3 Å². The Hall–Kier alpha value is -1.04. The summed E-state index contributed by atoms with van der Waals surface area (Å²) in [5.74, 6) is 0. The first-order valence-electron chi connectivity index (χ1n) is 8.85. The summed E-state index contributed by atoms with van der Waals surface area (Å²) < 4.78 is 0. The summed E-state index contributed by atoms with van der Waals surface area (Å²) in [6, 6.07) is 21.9. The summed E-state index contributed by atoms with van der Waals surface area (Å²) in [6.07, 6.45) is 4.04. The predicted molar refractivity (Wildman–Crippen MR) is 97.7 cm³/mol. The standard InChI is InChI=1S/C21H27N2.Li/c1-18(19-11-5-2-6-12-19)22-21(20-13-7-3-8-14-20)17-23-15-9-4-10-16-23;/h2-3,5-8,11-14,18,21H,4,9-10,15-17H2,1H3;/q-1;+1/t18-,21+;/m1./s1. The first-order chi connectivity index (χ1) is 11.3. The minimum Gasteiger partial charge on any atom is -0.648 e. The third kappa shape index (κ3) is 5.50. The predicted octanol–water partition coefficient (Wildman–Crippen LogP) is 2.35. The third-order valence-corrected chi connectivity index (χ3v) is 4.75. The Morgan fingerprint density at radius 3 is 1.96 bits per heavy atom. The summed E-state index contributed by atoms with van der Waals surface area (Å²) in [5, 5.41) is 5.17. The van der Waals surface area contributed by atoms with Crippen LogP contribution in [0.2, 0.25) is 0 Å². The zero-order valence-corrected chi connectivity index (χ0v) is 15.1. The van der Waals surface area contributed by atoms with Gasteiger partial charge in [0, 0.05) is 0 Å². The molecule has 24 heavy (non-hydrogen) atoms. The maximum Gasteiger partial charge on any atom is 1.00 e. The molecule has 2 aromatic carbocycles. The molecule has 1 aliphatic heterocycles. The number of benzene rings is 2. The Bertz CT molecular complexity index is 567. The minimum absolute atomic E-state index is 0. The smallest absolute Gasteiger partial charge is 0.648 e. The topological polar surface area (TPSA) is 17.3 Å². The van der Waals surface area contributed by atoms with E-state index in [1.165, 1.54) is 43.5 Å². The van der Waals surface area contributed by atoms with E-state index in [0.717, 1.165) is 6.54 Å². The van der Waals surface area contributed by atoms with E-state index < -0.39 is 0 Å². The molecule has 1 heterocycles. The number of nitrogens with zero attached hydrogens (tertiary/aromatic N) is 2. The Labute approximate surface area is 158 Å². The molecule has 0 spiro atoms. The van der Waals surface area contributed by atoms with Crippen molar-refractivity contribution in [1.82, 2.24) is 4.90 Å². The zero-order chi connectivity index (χ0) is 15.9. The van der Waals surface area contributed by atoms with Gasteiger partial charge in [-0.15, -0.1) is 6.04 Å². The van der Waals surface area contributed by atoms with E-state index in [0.29, 0.717) is 0 Å². The van der Waals surface area contributed by atoms with E-state index in [1.807, 2.05) is 0 Å². The molecule has 0 N–H and O–H groups in total. The van der Waals surface area contributed by atoms with Crippen LogP contribution in [-0.2, 0) is 0 Å². The van der Waals surface area contributed by atoms with Crippen molar-refractivity contribution < 1.29 is 18.9 Å².